The number of hydrogen-bond acceptors (Lipinski definition) is 24. The van der Waals surface area contributed by atoms with Crippen LogP contribution in [0.15, 0.2) is 45.3 Å². The Morgan fingerprint density at radius 1 is 0.518 bits per heavy atom. The van der Waals surface area contributed by atoms with Gasteiger partial charge in [0.05, 0.1) is 45.3 Å². The number of carboxylic acid groups (broad SMARTS) is 1. The molecule has 44 nitrogen and oxygen atoms in total. The largest absolute Gasteiger partial charge is 0.481 e. The van der Waals surface area contributed by atoms with Crippen LogP contribution in [0.2, 0.25) is 0 Å². The van der Waals surface area contributed by atoms with Gasteiger partial charge in [-0.05, 0) is 62.8 Å². The fourth-order valence-corrected chi connectivity index (χ4v) is 12.2. The molecule has 110 heavy (non-hydrogen) atoms. The Kier molecular flexibility index (Phi) is 43.9. The number of benzene rings is 1. The van der Waals surface area contributed by atoms with E-state index in [1.165, 1.54) is 13.8 Å². The van der Waals surface area contributed by atoms with Crippen LogP contribution in [-0.2, 0) is 83.1 Å². The summed E-state index contributed by atoms with van der Waals surface area (Å²) >= 11 is 0. The van der Waals surface area contributed by atoms with Crippen molar-refractivity contribution in [2.24, 2.45) is 72.7 Å². The number of primary amides is 1. The van der Waals surface area contributed by atoms with E-state index in [4.69, 9.17) is 45.9 Å². The van der Waals surface area contributed by atoms with Crippen LogP contribution in [0.25, 0.3) is 0 Å². The van der Waals surface area contributed by atoms with Crippen LogP contribution in [0.1, 0.15) is 98.0 Å². The number of carboxylic acids is 1. The molecule has 0 spiro atoms. The van der Waals surface area contributed by atoms with Gasteiger partial charge in [-0.25, -0.2) is 0 Å². The molecule has 0 saturated carbocycles. The summed E-state index contributed by atoms with van der Waals surface area (Å²) in [6.45, 7) is 2.88. The molecule has 614 valence electrons. The van der Waals surface area contributed by atoms with Gasteiger partial charge in [0.15, 0.2) is 17.9 Å². The van der Waals surface area contributed by atoms with Crippen molar-refractivity contribution >= 4 is 134 Å². The molecule has 1 aromatic rings. The van der Waals surface area contributed by atoms with Gasteiger partial charge in [-0.1, -0.05) is 92.5 Å². The molecule has 0 aromatic heterocycles. The lowest BCUT2D eigenvalue weighted by Crippen LogP contribution is -2.61. The van der Waals surface area contributed by atoms with Crippen molar-refractivity contribution in [2.75, 3.05) is 64.0 Å². The highest BCUT2D eigenvalue weighted by molar-refractivity contribution is 8.76. The van der Waals surface area contributed by atoms with Gasteiger partial charge >= 0.3 is 5.97 Å². The fourth-order valence-electron chi connectivity index (χ4n) is 9.89. The Hall–Kier alpha value is -10.9. The number of aliphatic carboxylic acids is 1. The summed E-state index contributed by atoms with van der Waals surface area (Å²) in [7, 11) is 1.60. The number of carbonyl (C=O) groups excluding carboxylic acids is 15. The molecule has 14 atom stereocenters. The third kappa shape index (κ3) is 36.8. The third-order valence-electron chi connectivity index (χ3n) is 16.5. The maximum Gasteiger partial charge on any atom is 0.305 e. The van der Waals surface area contributed by atoms with Crippen molar-refractivity contribution in [2.45, 2.75) is 171 Å². The first-order valence-electron chi connectivity index (χ1n) is 35.0. The van der Waals surface area contributed by atoms with E-state index in [9.17, 15) is 92.0 Å². The highest BCUT2D eigenvalue weighted by Crippen LogP contribution is 2.24. The molecule has 2 rings (SSSR count). The average molecular weight is 1590 g/mol. The molecular weight excluding hydrogens is 1490 g/mol. The number of amides is 15. The maximum atomic E-state index is 14.6. The Morgan fingerprint density at radius 2 is 0.982 bits per heavy atom. The molecular formula is C64H107N25O19S2. The van der Waals surface area contributed by atoms with Gasteiger partial charge < -0.3 is 136 Å². The Balaban J connectivity index is 2.78. The molecule has 1 aliphatic rings. The van der Waals surface area contributed by atoms with Gasteiger partial charge in [-0.15, -0.1) is 0 Å². The van der Waals surface area contributed by atoms with Gasteiger partial charge in [0.2, 0.25) is 88.6 Å². The predicted molar refractivity (Wildman–Crippen MR) is 403 cm³/mol. The van der Waals surface area contributed by atoms with Crippen LogP contribution in [0.3, 0.4) is 0 Å². The summed E-state index contributed by atoms with van der Waals surface area (Å²) in [5, 5.41) is 64.0. The number of guanidine groups is 3. The zero-order valence-electron chi connectivity index (χ0n) is 61.8. The second-order valence-electron chi connectivity index (χ2n) is 25.4. The van der Waals surface area contributed by atoms with Gasteiger partial charge in [0.1, 0.15) is 66.5 Å². The van der Waals surface area contributed by atoms with Crippen molar-refractivity contribution in [3.63, 3.8) is 0 Å². The Bertz CT molecular complexity index is 3400. The lowest BCUT2D eigenvalue weighted by atomic mass is 9.96. The zero-order valence-corrected chi connectivity index (χ0v) is 63.4. The molecule has 46 heteroatoms. The summed E-state index contributed by atoms with van der Waals surface area (Å²) < 4.78 is 0. The minimum absolute atomic E-state index is 0.00703. The summed E-state index contributed by atoms with van der Waals surface area (Å²) in [5.41, 5.74) is 44.8. The number of carbonyl (C=O) groups is 16. The summed E-state index contributed by atoms with van der Waals surface area (Å²) in [5.74, 6) is -20.5. The quantitative estimate of drug-likeness (QED) is 0.0153. The first kappa shape index (κ1) is 95.2. The van der Waals surface area contributed by atoms with E-state index < -0.39 is 224 Å². The minimum Gasteiger partial charge on any atom is -0.481 e. The maximum absolute atomic E-state index is 14.6. The lowest BCUT2D eigenvalue weighted by Gasteiger charge is -2.29. The van der Waals surface area contributed by atoms with Gasteiger partial charge in [-0.2, -0.15) is 0 Å². The van der Waals surface area contributed by atoms with E-state index in [-0.39, 0.29) is 101 Å². The summed E-state index contributed by atoms with van der Waals surface area (Å²) in [6.07, 6.45) is -1.14. The second-order valence-corrected chi connectivity index (χ2v) is 27.9. The van der Waals surface area contributed by atoms with Gasteiger partial charge in [0.25, 0.3) is 0 Å². The number of nitrogens with two attached hydrogens (primary N) is 8. The molecule has 1 heterocycles. The molecule has 3 unspecified atom stereocenters. The summed E-state index contributed by atoms with van der Waals surface area (Å²) in [6, 6.07) is -11.2. The topological polar surface area (TPSA) is 747 Å². The van der Waals surface area contributed by atoms with Crippen molar-refractivity contribution in [1.82, 2.24) is 74.4 Å². The smallest absolute Gasteiger partial charge is 0.305 e. The van der Waals surface area contributed by atoms with Crippen LogP contribution < -0.4 is 120 Å². The standard InChI is InChI=1S/C64H107N25O19S2/c1-6-31(3)48-60(107)78-26-45(93)79-33(5)51(98)86-42(50(66)97)29-109-110-30-43(87-58(105)41(28-91)85-57(104)40(27-90)84-52(99)35(65)16-11-19-73-62(67)68)59(106)82-38(22-34-14-9-8-10-15-34)53(100)77-24-44(92)76-25-46(94)80-36(17-12-20-74-63(69)70)54(101)89-49(32(4)7-2)61(108)83-39(23-47(95)96)56(103)81-37(55(102)88-48)18-13-21-75-64(71)72/h8-10,14-15,31-33,35-43,48-49,90-91H,6-7,11-13,16-30,65H2,1-5H3,(H2,66,97)(H,76,92)(H,77,100)(H,78,107)(H,79,93)(H,80,94)(H,81,103)(H,82,106)(H,83,108)(H,84,99)(H,85,104)(H,86,98)(H,87,105)(H,88,102)(H,89,101)(H,95,96)(H4,67,68,73)(H4,69,70,74)(H4,71,72,75)/t31-,32-,33-,35-,36?,37-,38-,39?,40-,41-,42?,43-,48-,49-/m0/s1. The number of hydrogen-bond donors (Lipinski definition) is 25. The van der Waals surface area contributed by atoms with Crippen LogP contribution >= 0.6 is 21.6 Å². The molecule has 33 N–H and O–H groups in total. The van der Waals surface area contributed by atoms with Crippen molar-refractivity contribution in [3.8, 4) is 0 Å². The number of aliphatic hydroxyl groups is 2. The summed E-state index contributed by atoms with van der Waals surface area (Å²) in [4.78, 5) is 231. The molecule has 1 fully saturated rings. The number of aliphatic hydroxyl groups excluding tert-OH is 2. The van der Waals surface area contributed by atoms with Crippen LogP contribution in [-0.4, -0.2) is 264 Å². The normalized spacial score (nSPS) is 22.6. The van der Waals surface area contributed by atoms with Crippen molar-refractivity contribution in [3.05, 3.63) is 35.9 Å². The third-order valence-corrected chi connectivity index (χ3v) is 19.0. The predicted octanol–water partition coefficient (Wildman–Crippen LogP) is -11.1. The fraction of sp³-hybridized carbons (Fsp3) is 0.609. The minimum atomic E-state index is -1.95. The van der Waals surface area contributed by atoms with Crippen molar-refractivity contribution < 1.29 is 92.0 Å². The second kappa shape index (κ2) is 50.7. The van der Waals surface area contributed by atoms with E-state index in [2.05, 4.69) is 89.4 Å². The van der Waals surface area contributed by atoms with Crippen molar-refractivity contribution in [1.29, 1.82) is 0 Å². The van der Waals surface area contributed by atoms with E-state index >= 15 is 0 Å². The molecule has 0 aliphatic carbocycles. The molecule has 0 bridgehead atoms. The Morgan fingerprint density at radius 3 is 1.52 bits per heavy atom. The molecule has 15 amide bonds. The number of nitrogens with one attached hydrogen (secondary N) is 14. The molecule has 0 radical (unpaired) electrons. The van der Waals surface area contributed by atoms with Gasteiger partial charge in [0, 0.05) is 37.6 Å². The number of rotatable bonds is 29. The molecule has 1 aliphatic heterocycles. The monoisotopic (exact) mass is 1590 g/mol. The lowest BCUT2D eigenvalue weighted by molar-refractivity contribution is -0.142. The van der Waals surface area contributed by atoms with E-state index in [0.29, 0.717) is 5.56 Å². The number of aliphatic imine (C=N–C) groups is 3. The SMILES string of the molecule is CC[C@H](C)[C@@H]1NC(=O)C(CCCN=C(N)N)NC(=O)CNC(=O)CNC(=O)[C@H](Cc2ccccc2)NC(=O)[C@@H](NC(=O)[C@H](CO)NC(=O)[C@H](CO)NC(=O)[C@@H](N)CCCN=C(N)N)CSSCC(C(N)=O)NC(=O)[C@H](C)NC(=O)CNC(=O)[C@H]([C@@H](C)CC)NC(=O)[C@H](CCCN=C(N)N)NC(=O)C(CC(=O)O)NC1=O. The highest BCUT2D eigenvalue weighted by atomic mass is 33.1. The van der Waals surface area contributed by atoms with E-state index in [0.717, 1.165) is 21.6 Å². The van der Waals surface area contributed by atoms with E-state index in [1.54, 1.807) is 51.1 Å². The first-order chi connectivity index (χ1) is 51.9. The molecule has 1 saturated heterocycles. The first-order valence-corrected chi connectivity index (χ1v) is 37.5. The van der Waals surface area contributed by atoms with Crippen LogP contribution in [0.4, 0.5) is 0 Å². The zero-order chi connectivity index (χ0) is 82.7. The number of nitrogens with zero attached hydrogens (tertiary/aromatic N) is 3. The highest BCUT2D eigenvalue weighted by Gasteiger charge is 2.38. The van der Waals surface area contributed by atoms with Crippen LogP contribution in [0, 0.1) is 11.8 Å². The Labute approximate surface area is 641 Å². The van der Waals surface area contributed by atoms with Crippen LogP contribution in [0.5, 0.6) is 0 Å². The average Bonchev–Trinajstić information content (AvgIpc) is 0.852. The van der Waals surface area contributed by atoms with E-state index in [1.807, 2.05) is 0 Å². The van der Waals surface area contributed by atoms with Gasteiger partial charge in [-0.3, -0.25) is 91.7 Å². The molecule has 1 aromatic carbocycles.